The molecule has 0 amide bonds. The third-order valence-electron chi connectivity index (χ3n) is 4.73. The molecule has 0 saturated carbocycles. The largest absolute Gasteiger partial charge is 0.494 e. The zero-order valence-corrected chi connectivity index (χ0v) is 15.7. The van der Waals surface area contributed by atoms with E-state index in [0.29, 0.717) is 13.2 Å². The number of fused-ring (bicyclic) bond motifs is 1. The Morgan fingerprint density at radius 1 is 0.815 bits per heavy atom. The molecule has 0 atom stereocenters. The molecule has 0 aliphatic heterocycles. The predicted molar refractivity (Wildman–Crippen MR) is 110 cm³/mol. The second-order valence-electron chi connectivity index (χ2n) is 6.56. The molecule has 3 nitrogen and oxygen atoms in total. The lowest BCUT2D eigenvalue weighted by Gasteiger charge is -2.06. The molecule has 0 aliphatic carbocycles. The van der Waals surface area contributed by atoms with Crippen molar-refractivity contribution < 1.29 is 9.47 Å². The maximum atomic E-state index is 5.98. The molecule has 0 saturated heterocycles. The maximum Gasteiger partial charge on any atom is 0.120 e. The van der Waals surface area contributed by atoms with Gasteiger partial charge in [0.05, 0.1) is 6.61 Å². The van der Waals surface area contributed by atoms with Gasteiger partial charge in [-0.05, 0) is 73.0 Å². The first-order valence-corrected chi connectivity index (χ1v) is 9.27. The predicted octanol–water partition coefficient (Wildman–Crippen LogP) is 6.12. The van der Waals surface area contributed by atoms with E-state index in [0.717, 1.165) is 28.3 Å². The molecular formula is C24H23NO2. The Kier molecular flexibility index (Phi) is 4.84. The molecule has 0 spiro atoms. The van der Waals surface area contributed by atoms with E-state index < -0.39 is 0 Å². The van der Waals surface area contributed by atoms with Gasteiger partial charge in [0.25, 0.3) is 0 Å². The summed E-state index contributed by atoms with van der Waals surface area (Å²) < 4.78 is 11.5. The second kappa shape index (κ2) is 7.58. The summed E-state index contributed by atoms with van der Waals surface area (Å²) in [6.45, 7) is 5.39. The number of aryl methyl sites for hydroxylation is 1. The second-order valence-corrected chi connectivity index (χ2v) is 6.56. The van der Waals surface area contributed by atoms with Crippen molar-refractivity contribution in [3.8, 4) is 22.8 Å². The number of aromatic nitrogens is 1. The fraction of sp³-hybridized carbons (Fsp3) is 0.167. The highest BCUT2D eigenvalue weighted by Gasteiger charge is 2.11. The van der Waals surface area contributed by atoms with Crippen LogP contribution in [0, 0.1) is 6.92 Å². The van der Waals surface area contributed by atoms with Gasteiger partial charge in [-0.3, -0.25) is 0 Å². The van der Waals surface area contributed by atoms with E-state index in [1.807, 2.05) is 43.3 Å². The summed E-state index contributed by atoms with van der Waals surface area (Å²) in [5.74, 6) is 1.78. The molecule has 0 aliphatic rings. The third kappa shape index (κ3) is 3.68. The molecule has 3 aromatic carbocycles. The number of hydrogen-bond acceptors (Lipinski definition) is 2. The molecule has 1 aromatic heterocycles. The Morgan fingerprint density at radius 3 is 2.30 bits per heavy atom. The van der Waals surface area contributed by atoms with Gasteiger partial charge in [-0.2, -0.15) is 0 Å². The first-order valence-electron chi connectivity index (χ1n) is 9.27. The monoisotopic (exact) mass is 357 g/mol. The normalized spacial score (nSPS) is 10.9. The van der Waals surface area contributed by atoms with Crippen molar-refractivity contribution >= 4 is 10.9 Å². The van der Waals surface area contributed by atoms with Crippen LogP contribution in [0.15, 0.2) is 72.8 Å². The summed E-state index contributed by atoms with van der Waals surface area (Å²) in [5.41, 5.74) is 5.79. The molecule has 3 heteroatoms. The minimum atomic E-state index is 0.571. The standard InChI is InChI=1S/C24H23NO2/c1-3-26-20-11-9-19(10-12-20)24-17(2)22-15-21(13-14-23(22)25-24)27-16-18-7-5-4-6-8-18/h4-15,25H,3,16H2,1-2H3. The van der Waals surface area contributed by atoms with Gasteiger partial charge in [0.1, 0.15) is 18.1 Å². The summed E-state index contributed by atoms with van der Waals surface area (Å²) in [5, 5.41) is 1.18. The van der Waals surface area contributed by atoms with Gasteiger partial charge in [0.2, 0.25) is 0 Å². The van der Waals surface area contributed by atoms with E-state index in [9.17, 15) is 0 Å². The smallest absolute Gasteiger partial charge is 0.120 e. The zero-order chi connectivity index (χ0) is 18.6. The number of ether oxygens (including phenoxy) is 2. The van der Waals surface area contributed by atoms with Crippen LogP contribution in [0.1, 0.15) is 18.1 Å². The molecule has 136 valence electrons. The number of H-pyrrole nitrogens is 1. The third-order valence-corrected chi connectivity index (χ3v) is 4.73. The topological polar surface area (TPSA) is 34.2 Å². The fourth-order valence-corrected chi connectivity index (χ4v) is 3.31. The number of rotatable bonds is 6. The van der Waals surface area contributed by atoms with Crippen molar-refractivity contribution in [3.05, 3.63) is 83.9 Å². The average molecular weight is 357 g/mol. The number of benzene rings is 3. The van der Waals surface area contributed by atoms with Gasteiger partial charge in [-0.25, -0.2) is 0 Å². The summed E-state index contributed by atoms with van der Waals surface area (Å²) in [4.78, 5) is 3.54. The van der Waals surface area contributed by atoms with E-state index in [1.165, 1.54) is 16.5 Å². The van der Waals surface area contributed by atoms with Crippen LogP contribution in [0.5, 0.6) is 11.5 Å². The highest BCUT2D eigenvalue weighted by atomic mass is 16.5. The highest BCUT2D eigenvalue weighted by molar-refractivity contribution is 5.91. The SMILES string of the molecule is CCOc1ccc(-c2[nH]c3ccc(OCc4ccccc4)cc3c2C)cc1. The number of hydrogen-bond donors (Lipinski definition) is 1. The number of aromatic amines is 1. The van der Waals surface area contributed by atoms with Crippen LogP contribution in [-0.2, 0) is 6.61 Å². The van der Waals surface area contributed by atoms with Crippen molar-refractivity contribution in [3.63, 3.8) is 0 Å². The van der Waals surface area contributed by atoms with Crippen LogP contribution in [-0.4, -0.2) is 11.6 Å². The lowest BCUT2D eigenvalue weighted by molar-refractivity contribution is 0.306. The van der Waals surface area contributed by atoms with E-state index in [2.05, 4.69) is 48.3 Å². The van der Waals surface area contributed by atoms with Gasteiger partial charge >= 0.3 is 0 Å². The Bertz CT molecular complexity index is 1030. The maximum absolute atomic E-state index is 5.98. The summed E-state index contributed by atoms with van der Waals surface area (Å²) in [6, 6.07) is 24.6. The van der Waals surface area contributed by atoms with Gasteiger partial charge in [0.15, 0.2) is 0 Å². The molecule has 1 heterocycles. The van der Waals surface area contributed by atoms with Gasteiger partial charge in [-0.1, -0.05) is 30.3 Å². The molecule has 0 bridgehead atoms. The molecule has 27 heavy (non-hydrogen) atoms. The Morgan fingerprint density at radius 2 is 1.56 bits per heavy atom. The van der Waals surface area contributed by atoms with Crippen molar-refractivity contribution in [1.82, 2.24) is 4.98 Å². The van der Waals surface area contributed by atoms with Crippen LogP contribution >= 0.6 is 0 Å². The molecule has 0 fully saturated rings. The first-order chi connectivity index (χ1) is 13.2. The van der Waals surface area contributed by atoms with Crippen molar-refractivity contribution in [2.24, 2.45) is 0 Å². The Balaban J connectivity index is 1.60. The lowest BCUT2D eigenvalue weighted by atomic mass is 10.1. The van der Waals surface area contributed by atoms with Crippen LogP contribution in [0.4, 0.5) is 0 Å². The Hall–Kier alpha value is -3.20. The van der Waals surface area contributed by atoms with E-state index in [-0.39, 0.29) is 0 Å². The minimum Gasteiger partial charge on any atom is -0.494 e. The van der Waals surface area contributed by atoms with Crippen LogP contribution in [0.2, 0.25) is 0 Å². The van der Waals surface area contributed by atoms with Crippen LogP contribution < -0.4 is 9.47 Å². The average Bonchev–Trinajstić information content (AvgIpc) is 3.04. The van der Waals surface area contributed by atoms with E-state index in [1.54, 1.807) is 0 Å². The Labute approximate surface area is 159 Å². The minimum absolute atomic E-state index is 0.571. The lowest BCUT2D eigenvalue weighted by Crippen LogP contribution is -1.94. The van der Waals surface area contributed by atoms with Gasteiger partial charge < -0.3 is 14.5 Å². The number of nitrogens with one attached hydrogen (secondary N) is 1. The van der Waals surface area contributed by atoms with Crippen LogP contribution in [0.25, 0.3) is 22.2 Å². The van der Waals surface area contributed by atoms with Crippen molar-refractivity contribution in [2.75, 3.05) is 6.61 Å². The van der Waals surface area contributed by atoms with Crippen LogP contribution in [0.3, 0.4) is 0 Å². The molecule has 0 radical (unpaired) electrons. The fourth-order valence-electron chi connectivity index (χ4n) is 3.31. The summed E-state index contributed by atoms with van der Waals surface area (Å²) >= 11 is 0. The van der Waals surface area contributed by atoms with Gasteiger partial charge in [-0.15, -0.1) is 0 Å². The molecule has 4 rings (SSSR count). The summed E-state index contributed by atoms with van der Waals surface area (Å²) in [6.07, 6.45) is 0. The molecule has 1 N–H and O–H groups in total. The van der Waals surface area contributed by atoms with Crippen molar-refractivity contribution in [1.29, 1.82) is 0 Å². The molecule has 0 unspecified atom stereocenters. The van der Waals surface area contributed by atoms with E-state index >= 15 is 0 Å². The first kappa shape index (κ1) is 17.2. The van der Waals surface area contributed by atoms with Gasteiger partial charge in [0, 0.05) is 16.6 Å². The molecule has 4 aromatic rings. The van der Waals surface area contributed by atoms with Crippen molar-refractivity contribution in [2.45, 2.75) is 20.5 Å². The summed E-state index contributed by atoms with van der Waals surface area (Å²) in [7, 11) is 0. The quantitative estimate of drug-likeness (QED) is 0.451. The van der Waals surface area contributed by atoms with E-state index in [4.69, 9.17) is 9.47 Å². The zero-order valence-electron chi connectivity index (χ0n) is 15.7. The molecular weight excluding hydrogens is 334 g/mol. The highest BCUT2D eigenvalue weighted by Crippen LogP contribution is 2.32.